The normalized spacial score (nSPS) is 17.4. The van der Waals surface area contributed by atoms with E-state index < -0.39 is 0 Å². The van der Waals surface area contributed by atoms with Gasteiger partial charge < -0.3 is 10.1 Å². The van der Waals surface area contributed by atoms with E-state index in [2.05, 4.69) is 28.8 Å². The monoisotopic (exact) mass is 291 g/mol. The fourth-order valence-electron chi connectivity index (χ4n) is 2.71. The zero-order valence-electron chi connectivity index (χ0n) is 11.8. The second-order valence-electron chi connectivity index (χ2n) is 4.94. The Balaban J connectivity index is 2.11. The van der Waals surface area contributed by atoms with Crippen LogP contribution in [-0.2, 0) is 4.74 Å². The number of nitrogens with one attached hydrogen (secondary N) is 1. The van der Waals surface area contributed by atoms with Crippen molar-refractivity contribution < 1.29 is 9.53 Å². The summed E-state index contributed by atoms with van der Waals surface area (Å²) in [5, 5.41) is 9.94. The van der Waals surface area contributed by atoms with Crippen LogP contribution in [0.2, 0.25) is 0 Å². The van der Waals surface area contributed by atoms with Gasteiger partial charge in [-0.05, 0) is 37.3 Å². The molecule has 0 spiro atoms. The van der Waals surface area contributed by atoms with Gasteiger partial charge in [0.25, 0.3) is 0 Å². The van der Waals surface area contributed by atoms with Gasteiger partial charge in [0, 0.05) is 11.4 Å². The molecule has 2 aromatic rings. The number of esters is 1. The molecule has 1 unspecified atom stereocenters. The number of nitrogens with zero attached hydrogens (tertiary/aromatic N) is 2. The number of rotatable bonds is 2. The number of hydrogen-bond donors (Lipinski definition) is 1. The van der Waals surface area contributed by atoms with Gasteiger partial charge in [0.2, 0.25) is 0 Å². The molecular weight excluding hydrogens is 274 g/mol. The summed E-state index contributed by atoms with van der Waals surface area (Å²) >= 11 is 1.74. The Morgan fingerprint density at radius 2 is 2.35 bits per heavy atom. The van der Waals surface area contributed by atoms with Crippen molar-refractivity contribution in [2.24, 2.45) is 0 Å². The molecule has 1 aliphatic heterocycles. The standard InChI is InChI=1S/C14H17N3O2S/c1-8-5-7-20-12(8)10-4-6-15-13-11(14(18)19-3)9(2)16-17(10)13/h5,7,10,15H,4,6H2,1-3H3. The molecule has 0 amide bonds. The highest BCUT2D eigenvalue weighted by Gasteiger charge is 2.30. The Morgan fingerprint density at radius 1 is 1.55 bits per heavy atom. The Labute approximate surface area is 121 Å². The molecule has 0 bridgehead atoms. The van der Waals surface area contributed by atoms with Gasteiger partial charge in [-0.25, -0.2) is 9.48 Å². The first-order chi connectivity index (χ1) is 9.63. The number of methoxy groups -OCH3 is 1. The Morgan fingerprint density at radius 3 is 3.00 bits per heavy atom. The van der Waals surface area contributed by atoms with Crippen LogP contribution in [0.25, 0.3) is 0 Å². The number of aryl methyl sites for hydroxylation is 2. The molecule has 0 radical (unpaired) electrons. The molecule has 6 heteroatoms. The predicted molar refractivity (Wildman–Crippen MR) is 78.6 cm³/mol. The van der Waals surface area contributed by atoms with Crippen molar-refractivity contribution in [3.8, 4) is 0 Å². The summed E-state index contributed by atoms with van der Waals surface area (Å²) in [6.07, 6.45) is 0.968. The maximum Gasteiger partial charge on any atom is 0.343 e. The molecule has 0 aliphatic carbocycles. The predicted octanol–water partition coefficient (Wildman–Crippen LogP) is 2.75. The topological polar surface area (TPSA) is 56.1 Å². The van der Waals surface area contributed by atoms with Gasteiger partial charge >= 0.3 is 5.97 Å². The highest BCUT2D eigenvalue weighted by molar-refractivity contribution is 7.10. The van der Waals surface area contributed by atoms with E-state index in [1.54, 1.807) is 11.3 Å². The van der Waals surface area contributed by atoms with E-state index in [1.807, 2.05) is 11.6 Å². The van der Waals surface area contributed by atoms with Crippen molar-refractivity contribution in [2.45, 2.75) is 26.3 Å². The van der Waals surface area contributed by atoms with Gasteiger partial charge in [0.15, 0.2) is 0 Å². The van der Waals surface area contributed by atoms with E-state index in [4.69, 9.17) is 4.74 Å². The maximum atomic E-state index is 11.9. The van der Waals surface area contributed by atoms with E-state index in [1.165, 1.54) is 17.6 Å². The first-order valence-corrected chi connectivity index (χ1v) is 7.46. The van der Waals surface area contributed by atoms with E-state index in [0.717, 1.165) is 18.8 Å². The minimum atomic E-state index is -0.334. The second-order valence-corrected chi connectivity index (χ2v) is 5.89. The summed E-state index contributed by atoms with van der Waals surface area (Å²) < 4.78 is 6.80. The van der Waals surface area contributed by atoms with Crippen LogP contribution in [0.15, 0.2) is 11.4 Å². The van der Waals surface area contributed by atoms with Crippen molar-refractivity contribution in [3.63, 3.8) is 0 Å². The third-order valence-corrected chi connectivity index (χ3v) is 4.80. The summed E-state index contributed by atoms with van der Waals surface area (Å²) in [5.74, 6) is 0.443. The minimum absolute atomic E-state index is 0.198. The second kappa shape index (κ2) is 4.94. The van der Waals surface area contributed by atoms with Gasteiger partial charge in [-0.15, -0.1) is 11.3 Å². The number of thiophene rings is 1. The zero-order valence-corrected chi connectivity index (χ0v) is 12.6. The third kappa shape index (κ3) is 1.91. The van der Waals surface area contributed by atoms with Gasteiger partial charge in [-0.1, -0.05) is 0 Å². The van der Waals surface area contributed by atoms with E-state index in [0.29, 0.717) is 11.3 Å². The van der Waals surface area contributed by atoms with Crippen LogP contribution in [-0.4, -0.2) is 29.4 Å². The third-order valence-electron chi connectivity index (χ3n) is 3.68. The van der Waals surface area contributed by atoms with Crippen molar-refractivity contribution in [1.29, 1.82) is 0 Å². The molecule has 0 saturated heterocycles. The largest absolute Gasteiger partial charge is 0.465 e. The molecule has 3 rings (SSSR count). The zero-order chi connectivity index (χ0) is 14.3. The molecule has 1 aliphatic rings. The van der Waals surface area contributed by atoms with Crippen molar-refractivity contribution >= 4 is 23.1 Å². The van der Waals surface area contributed by atoms with Crippen LogP contribution < -0.4 is 5.32 Å². The summed E-state index contributed by atoms with van der Waals surface area (Å²) in [5.41, 5.74) is 2.53. The van der Waals surface area contributed by atoms with Crippen LogP contribution in [0, 0.1) is 13.8 Å². The quantitative estimate of drug-likeness (QED) is 0.864. The molecular formula is C14H17N3O2S. The number of hydrogen-bond acceptors (Lipinski definition) is 5. The summed E-state index contributed by atoms with van der Waals surface area (Å²) in [7, 11) is 1.40. The van der Waals surface area contributed by atoms with E-state index in [9.17, 15) is 4.79 Å². The van der Waals surface area contributed by atoms with Gasteiger partial charge in [0.05, 0.1) is 18.8 Å². The Hall–Kier alpha value is -1.82. The lowest BCUT2D eigenvalue weighted by atomic mass is 10.1. The molecule has 0 aromatic carbocycles. The van der Waals surface area contributed by atoms with Crippen LogP contribution in [0.4, 0.5) is 5.82 Å². The molecule has 20 heavy (non-hydrogen) atoms. The Bertz CT molecular complexity index is 659. The van der Waals surface area contributed by atoms with Crippen LogP contribution in [0.1, 0.15) is 39.0 Å². The van der Waals surface area contributed by atoms with Crippen LogP contribution in [0.5, 0.6) is 0 Å². The molecule has 1 N–H and O–H groups in total. The van der Waals surface area contributed by atoms with E-state index in [-0.39, 0.29) is 12.0 Å². The number of ether oxygens (including phenoxy) is 1. The maximum absolute atomic E-state index is 11.9. The lowest BCUT2D eigenvalue weighted by Gasteiger charge is -2.26. The summed E-state index contributed by atoms with van der Waals surface area (Å²) in [6.45, 7) is 4.79. The average Bonchev–Trinajstić information content (AvgIpc) is 3.00. The highest BCUT2D eigenvalue weighted by Crippen LogP contribution is 2.36. The number of carbonyl (C=O) groups excluding carboxylic acids is 1. The van der Waals surface area contributed by atoms with Crippen molar-refractivity contribution in [1.82, 2.24) is 9.78 Å². The van der Waals surface area contributed by atoms with Gasteiger partial charge in [0.1, 0.15) is 11.4 Å². The van der Waals surface area contributed by atoms with Crippen LogP contribution in [0.3, 0.4) is 0 Å². The molecule has 3 heterocycles. The summed E-state index contributed by atoms with van der Waals surface area (Å²) in [6, 6.07) is 2.32. The number of aromatic nitrogens is 2. The fourth-order valence-corrected chi connectivity index (χ4v) is 3.75. The first kappa shape index (κ1) is 13.2. The number of anilines is 1. The lowest BCUT2D eigenvalue weighted by molar-refractivity contribution is 0.0601. The van der Waals surface area contributed by atoms with Crippen LogP contribution >= 0.6 is 11.3 Å². The van der Waals surface area contributed by atoms with Gasteiger partial charge in [-0.2, -0.15) is 5.10 Å². The van der Waals surface area contributed by atoms with Crippen molar-refractivity contribution in [3.05, 3.63) is 33.1 Å². The van der Waals surface area contributed by atoms with E-state index >= 15 is 0 Å². The molecule has 1 atom stereocenters. The molecule has 2 aromatic heterocycles. The average molecular weight is 291 g/mol. The molecule has 106 valence electrons. The lowest BCUT2D eigenvalue weighted by Crippen LogP contribution is -2.25. The Kier molecular flexibility index (Phi) is 3.25. The minimum Gasteiger partial charge on any atom is -0.465 e. The summed E-state index contributed by atoms with van der Waals surface area (Å²) in [4.78, 5) is 13.2. The SMILES string of the molecule is COC(=O)c1c(C)nn2c1NCCC2c1sccc1C. The number of carbonyl (C=O) groups is 1. The fraction of sp³-hybridized carbons (Fsp3) is 0.429. The smallest absolute Gasteiger partial charge is 0.343 e. The molecule has 0 saturated carbocycles. The van der Waals surface area contributed by atoms with Gasteiger partial charge in [-0.3, -0.25) is 0 Å². The highest BCUT2D eigenvalue weighted by atomic mass is 32.1. The number of fused-ring (bicyclic) bond motifs is 1. The molecule has 0 fully saturated rings. The molecule has 5 nitrogen and oxygen atoms in total. The van der Waals surface area contributed by atoms with Crippen molar-refractivity contribution in [2.75, 3.05) is 19.0 Å². The first-order valence-electron chi connectivity index (χ1n) is 6.58.